The molecule has 0 atom stereocenters. The van der Waals surface area contributed by atoms with Gasteiger partial charge in [-0.3, -0.25) is 10.1 Å². The van der Waals surface area contributed by atoms with Crippen molar-refractivity contribution in [2.24, 2.45) is 12.5 Å². The van der Waals surface area contributed by atoms with Gasteiger partial charge in [-0.15, -0.1) is 12.4 Å². The molecular formula is C14H26ClN5O. The minimum Gasteiger partial charge on any atom is -0.317 e. The quantitative estimate of drug-likeness (QED) is 0.896. The predicted octanol–water partition coefficient (Wildman–Crippen LogP) is 2.08. The van der Waals surface area contributed by atoms with Gasteiger partial charge in [0, 0.05) is 19.4 Å². The molecule has 1 amide bonds. The number of piperidine rings is 1. The largest absolute Gasteiger partial charge is 0.317 e. The van der Waals surface area contributed by atoms with Crippen LogP contribution in [0, 0.1) is 5.41 Å². The normalized spacial score (nSPS) is 16.4. The lowest BCUT2D eigenvalue weighted by Crippen LogP contribution is -2.27. The zero-order valence-electron chi connectivity index (χ0n) is 13.3. The van der Waals surface area contributed by atoms with Crippen molar-refractivity contribution in [1.82, 2.24) is 20.1 Å². The van der Waals surface area contributed by atoms with E-state index < -0.39 is 0 Å². The smallest absolute Gasteiger partial charge is 0.227 e. The van der Waals surface area contributed by atoms with Gasteiger partial charge in [0.1, 0.15) is 0 Å². The van der Waals surface area contributed by atoms with E-state index in [1.807, 2.05) is 27.8 Å². The van der Waals surface area contributed by atoms with E-state index in [1.54, 1.807) is 4.68 Å². The van der Waals surface area contributed by atoms with Gasteiger partial charge >= 0.3 is 0 Å². The Kier molecular flexibility index (Phi) is 6.16. The van der Waals surface area contributed by atoms with E-state index in [2.05, 4.69) is 20.7 Å². The van der Waals surface area contributed by atoms with Gasteiger partial charge in [0.25, 0.3) is 0 Å². The zero-order valence-corrected chi connectivity index (χ0v) is 14.1. The van der Waals surface area contributed by atoms with Crippen LogP contribution in [0.4, 0.5) is 5.95 Å². The molecule has 7 heteroatoms. The molecule has 1 aromatic heterocycles. The van der Waals surface area contributed by atoms with Crippen LogP contribution in [-0.4, -0.2) is 33.8 Å². The Hall–Kier alpha value is -1.14. The molecule has 2 heterocycles. The number of halogens is 1. The van der Waals surface area contributed by atoms with Crippen molar-refractivity contribution in [1.29, 1.82) is 0 Å². The summed E-state index contributed by atoms with van der Waals surface area (Å²) in [7, 11) is 1.82. The molecular weight excluding hydrogens is 290 g/mol. The van der Waals surface area contributed by atoms with E-state index >= 15 is 0 Å². The molecule has 120 valence electrons. The van der Waals surface area contributed by atoms with Crippen LogP contribution in [0.2, 0.25) is 0 Å². The first kappa shape index (κ1) is 17.9. The predicted molar refractivity (Wildman–Crippen MR) is 85.8 cm³/mol. The van der Waals surface area contributed by atoms with Crippen LogP contribution >= 0.6 is 12.4 Å². The number of aryl methyl sites for hydroxylation is 1. The Morgan fingerprint density at radius 3 is 2.57 bits per heavy atom. The third-order valence-electron chi connectivity index (χ3n) is 3.43. The maximum absolute atomic E-state index is 12.0. The van der Waals surface area contributed by atoms with Gasteiger partial charge in [0.05, 0.1) is 0 Å². The molecule has 1 fully saturated rings. The summed E-state index contributed by atoms with van der Waals surface area (Å²) in [5.41, 5.74) is -0.0272. The molecule has 6 nitrogen and oxygen atoms in total. The first-order valence-corrected chi connectivity index (χ1v) is 7.27. The van der Waals surface area contributed by atoms with Crippen LogP contribution in [-0.2, 0) is 11.8 Å². The van der Waals surface area contributed by atoms with E-state index in [0.717, 1.165) is 31.8 Å². The van der Waals surface area contributed by atoms with Gasteiger partial charge in [0.2, 0.25) is 11.9 Å². The lowest BCUT2D eigenvalue weighted by molar-refractivity contribution is -0.117. The standard InChI is InChI=1S/C14H25N5O.ClH/c1-14(2,3)9-11(20)16-13-17-12(18-19(13)4)10-5-7-15-8-6-10;/h10,15H,5-9H2,1-4H3,(H,16,17,18,20);1H. The highest BCUT2D eigenvalue weighted by Gasteiger charge is 2.22. The van der Waals surface area contributed by atoms with Gasteiger partial charge in [-0.25, -0.2) is 4.68 Å². The molecule has 1 saturated heterocycles. The summed E-state index contributed by atoms with van der Waals surface area (Å²) in [4.78, 5) is 16.5. The number of nitrogens with one attached hydrogen (secondary N) is 2. The number of anilines is 1. The van der Waals surface area contributed by atoms with Crippen molar-refractivity contribution in [3.63, 3.8) is 0 Å². The average molecular weight is 316 g/mol. The molecule has 0 saturated carbocycles. The Balaban J connectivity index is 0.00000220. The molecule has 0 unspecified atom stereocenters. The maximum Gasteiger partial charge on any atom is 0.227 e. The molecule has 0 bridgehead atoms. The van der Waals surface area contributed by atoms with Crippen LogP contribution < -0.4 is 10.6 Å². The minimum atomic E-state index is -0.0272. The zero-order chi connectivity index (χ0) is 14.8. The van der Waals surface area contributed by atoms with Crippen LogP contribution in [0.25, 0.3) is 0 Å². The van der Waals surface area contributed by atoms with Crippen molar-refractivity contribution in [3.8, 4) is 0 Å². The van der Waals surface area contributed by atoms with Crippen molar-refractivity contribution >= 4 is 24.3 Å². The van der Waals surface area contributed by atoms with Gasteiger partial charge < -0.3 is 5.32 Å². The monoisotopic (exact) mass is 315 g/mol. The Morgan fingerprint density at radius 2 is 2.00 bits per heavy atom. The molecule has 1 aliphatic rings. The molecule has 2 rings (SSSR count). The summed E-state index contributed by atoms with van der Waals surface area (Å²) < 4.78 is 1.66. The van der Waals surface area contributed by atoms with Crippen LogP contribution in [0.1, 0.15) is 51.8 Å². The summed E-state index contributed by atoms with van der Waals surface area (Å²) in [5, 5.41) is 10.6. The van der Waals surface area contributed by atoms with Crippen molar-refractivity contribution in [3.05, 3.63) is 5.82 Å². The topological polar surface area (TPSA) is 71.8 Å². The third kappa shape index (κ3) is 5.28. The lowest BCUT2D eigenvalue weighted by atomic mass is 9.92. The highest BCUT2D eigenvalue weighted by atomic mass is 35.5. The van der Waals surface area contributed by atoms with Crippen LogP contribution in [0.3, 0.4) is 0 Å². The SMILES string of the molecule is Cl.Cn1nc(C2CCNCC2)nc1NC(=O)CC(C)(C)C. The lowest BCUT2D eigenvalue weighted by Gasteiger charge is -2.19. The van der Waals surface area contributed by atoms with E-state index in [-0.39, 0.29) is 23.7 Å². The summed E-state index contributed by atoms with van der Waals surface area (Å²) in [6.45, 7) is 8.15. The Morgan fingerprint density at radius 1 is 1.38 bits per heavy atom. The van der Waals surface area contributed by atoms with E-state index in [4.69, 9.17) is 0 Å². The highest BCUT2D eigenvalue weighted by molar-refractivity contribution is 5.89. The van der Waals surface area contributed by atoms with Gasteiger partial charge in [-0.1, -0.05) is 20.8 Å². The van der Waals surface area contributed by atoms with E-state index in [9.17, 15) is 4.79 Å². The molecule has 0 spiro atoms. The minimum absolute atomic E-state index is 0. The van der Waals surface area contributed by atoms with Crippen LogP contribution in [0.15, 0.2) is 0 Å². The average Bonchev–Trinajstić information content (AvgIpc) is 2.70. The molecule has 2 N–H and O–H groups in total. The number of hydrogen-bond acceptors (Lipinski definition) is 4. The fraction of sp³-hybridized carbons (Fsp3) is 0.786. The second-order valence-electron chi connectivity index (χ2n) is 6.73. The van der Waals surface area contributed by atoms with Crippen molar-refractivity contribution in [2.45, 2.75) is 46.0 Å². The molecule has 21 heavy (non-hydrogen) atoms. The summed E-state index contributed by atoms with van der Waals surface area (Å²) >= 11 is 0. The fourth-order valence-corrected chi connectivity index (χ4v) is 2.42. The Bertz CT molecular complexity index is 474. The number of hydrogen-bond donors (Lipinski definition) is 2. The maximum atomic E-state index is 12.0. The fourth-order valence-electron chi connectivity index (χ4n) is 2.42. The molecule has 0 aliphatic carbocycles. The first-order valence-electron chi connectivity index (χ1n) is 7.27. The van der Waals surface area contributed by atoms with Gasteiger partial charge in [0.15, 0.2) is 5.82 Å². The second-order valence-corrected chi connectivity index (χ2v) is 6.73. The number of nitrogens with zero attached hydrogens (tertiary/aromatic N) is 3. The number of rotatable bonds is 3. The number of amides is 1. The summed E-state index contributed by atoms with van der Waals surface area (Å²) in [6.07, 6.45) is 2.58. The van der Waals surface area contributed by atoms with Crippen molar-refractivity contribution < 1.29 is 4.79 Å². The second kappa shape index (κ2) is 7.22. The van der Waals surface area contributed by atoms with E-state index in [0.29, 0.717) is 18.3 Å². The van der Waals surface area contributed by atoms with Gasteiger partial charge in [-0.05, 0) is 31.3 Å². The third-order valence-corrected chi connectivity index (χ3v) is 3.43. The Labute approximate surface area is 132 Å². The first-order chi connectivity index (χ1) is 9.35. The number of carbonyl (C=O) groups is 1. The molecule has 1 aliphatic heterocycles. The van der Waals surface area contributed by atoms with Crippen molar-refractivity contribution in [2.75, 3.05) is 18.4 Å². The number of aromatic nitrogens is 3. The molecule has 1 aromatic rings. The van der Waals surface area contributed by atoms with Crippen LogP contribution in [0.5, 0.6) is 0 Å². The summed E-state index contributed by atoms with van der Waals surface area (Å²) in [5.74, 6) is 1.79. The molecule has 0 radical (unpaired) electrons. The summed E-state index contributed by atoms with van der Waals surface area (Å²) in [6, 6.07) is 0. The van der Waals surface area contributed by atoms with Gasteiger partial charge in [-0.2, -0.15) is 10.1 Å². The number of carbonyl (C=O) groups excluding carboxylic acids is 1. The highest BCUT2D eigenvalue weighted by Crippen LogP contribution is 2.24. The van der Waals surface area contributed by atoms with E-state index in [1.165, 1.54) is 0 Å². The molecule has 0 aromatic carbocycles.